The largest absolute Gasteiger partial charge is 0.356 e. The molecule has 138 valence electrons. The zero-order valence-corrected chi connectivity index (χ0v) is 17.1. The van der Waals surface area contributed by atoms with Gasteiger partial charge in [0, 0.05) is 13.0 Å². The third kappa shape index (κ3) is 8.67. The monoisotopic (exact) mass is 383 g/mol. The lowest BCUT2D eigenvalue weighted by molar-refractivity contribution is -0.121. The van der Waals surface area contributed by atoms with Crippen LogP contribution < -0.4 is 15.8 Å². The third-order valence-corrected chi connectivity index (χ3v) is 14.0. The molecule has 0 radical (unpaired) electrons. The molecule has 2 unspecified atom stereocenters. The Kier molecular flexibility index (Phi) is 10.00. The Bertz CT molecular complexity index is 394. The number of nitrogens with one attached hydrogen (secondary N) is 2. The molecule has 1 rings (SSSR count). The van der Waals surface area contributed by atoms with Gasteiger partial charge in [-0.1, -0.05) is 6.42 Å². The predicted octanol–water partition coefficient (Wildman–Crippen LogP) is 2.46. The molecule has 1 heterocycles. The fraction of sp³-hybridized carbons (Fsp3) is 0.867. The predicted molar refractivity (Wildman–Crippen MR) is 108 cm³/mol. The van der Waals surface area contributed by atoms with E-state index in [-0.39, 0.29) is 11.9 Å². The van der Waals surface area contributed by atoms with Gasteiger partial charge in [0.15, 0.2) is 5.12 Å². The van der Waals surface area contributed by atoms with Crippen LogP contribution in [-0.4, -0.2) is 48.9 Å². The maximum Gasteiger partial charge on any atom is 0.219 e. The Balaban J connectivity index is 2.12. The zero-order valence-electron chi connectivity index (χ0n) is 14.6. The summed E-state index contributed by atoms with van der Waals surface area (Å²) in [5.74, 6) is 0.132. The van der Waals surface area contributed by atoms with E-state index < -0.39 is 19.2 Å². The lowest BCUT2D eigenvalue weighted by Gasteiger charge is -2.43. The fourth-order valence-electron chi connectivity index (χ4n) is 2.53. The van der Waals surface area contributed by atoms with E-state index in [0.717, 1.165) is 38.5 Å². The molecule has 1 fully saturated rings. The maximum absolute atomic E-state index is 12.2. The Hall–Kier alpha value is 0.110. The normalized spacial score (nSPS) is 26.7. The number of unbranched alkanes of at least 4 members (excludes halogenated alkanes) is 3. The molecule has 2 atom stereocenters. The van der Waals surface area contributed by atoms with Gasteiger partial charge in [-0.15, -0.1) is 19.2 Å². The lowest BCUT2D eigenvalue weighted by Crippen LogP contribution is -2.40. The average Bonchev–Trinajstić information content (AvgIpc) is 2.47. The summed E-state index contributed by atoms with van der Waals surface area (Å²) in [4.78, 5) is 23.9. The molecule has 0 saturated carbocycles. The second-order valence-electron chi connectivity index (χ2n) is 6.26. The van der Waals surface area contributed by atoms with Crippen LogP contribution in [0, 0.1) is 0 Å². The van der Waals surface area contributed by atoms with Crippen molar-refractivity contribution in [2.45, 2.75) is 51.0 Å². The molecule has 8 heteroatoms. The summed E-state index contributed by atoms with van der Waals surface area (Å²) < 4.78 is 3.53. The van der Waals surface area contributed by atoms with Crippen molar-refractivity contribution in [3.05, 3.63) is 0 Å². The van der Waals surface area contributed by atoms with E-state index in [1.165, 1.54) is 0 Å². The van der Waals surface area contributed by atoms with Gasteiger partial charge in [-0.05, 0) is 67.2 Å². The molecular weight excluding hydrogens is 350 g/mol. The number of thiol groups is 1. The minimum Gasteiger partial charge on any atom is -0.356 e. The van der Waals surface area contributed by atoms with Gasteiger partial charge in [0.2, 0.25) is 5.91 Å². The van der Waals surface area contributed by atoms with Crippen LogP contribution in [0.1, 0.15) is 44.9 Å². The van der Waals surface area contributed by atoms with Gasteiger partial charge in [0.25, 0.3) is 0 Å². The molecule has 0 aromatic carbocycles. The molecule has 0 spiro atoms. The van der Waals surface area contributed by atoms with Gasteiger partial charge in [-0.3, -0.25) is 14.3 Å². The summed E-state index contributed by atoms with van der Waals surface area (Å²) in [5, 5.41) is 3.35. The molecule has 1 amide bonds. The minimum atomic E-state index is -0.889. The van der Waals surface area contributed by atoms with Gasteiger partial charge in [-0.2, -0.15) is 0 Å². The van der Waals surface area contributed by atoms with Crippen LogP contribution >= 0.6 is 29.0 Å². The van der Waals surface area contributed by atoms with E-state index in [1.807, 2.05) is 9.83 Å². The number of carbonyl (C=O) groups excluding carboxylic acids is 2. The second-order valence-corrected chi connectivity index (χ2v) is 16.5. The molecular formula is C15H33N3O2S3. The van der Waals surface area contributed by atoms with Crippen LogP contribution in [0.5, 0.6) is 0 Å². The highest BCUT2D eigenvalue weighted by atomic mass is 33.5. The van der Waals surface area contributed by atoms with Crippen LogP contribution in [0.3, 0.4) is 0 Å². The summed E-state index contributed by atoms with van der Waals surface area (Å²) in [6.45, 7) is 1.41. The van der Waals surface area contributed by atoms with Crippen molar-refractivity contribution >= 4 is 40.0 Å². The van der Waals surface area contributed by atoms with Gasteiger partial charge in [-0.25, -0.2) is 0 Å². The first-order chi connectivity index (χ1) is 10.9. The summed E-state index contributed by atoms with van der Waals surface area (Å²) in [7, 11) is 0.396. The summed E-state index contributed by atoms with van der Waals surface area (Å²) in [6.07, 6.45) is 12.8. The van der Waals surface area contributed by atoms with Crippen molar-refractivity contribution in [3.63, 3.8) is 0 Å². The van der Waals surface area contributed by atoms with Crippen molar-refractivity contribution in [1.82, 2.24) is 10.0 Å². The van der Waals surface area contributed by atoms with Gasteiger partial charge < -0.3 is 11.1 Å². The van der Waals surface area contributed by atoms with E-state index in [2.05, 4.69) is 28.8 Å². The number of amides is 1. The van der Waals surface area contributed by atoms with E-state index in [1.54, 1.807) is 0 Å². The van der Waals surface area contributed by atoms with Gasteiger partial charge in [0.05, 0.1) is 6.04 Å². The van der Waals surface area contributed by atoms with Crippen LogP contribution in [0.25, 0.3) is 0 Å². The molecule has 1 aliphatic heterocycles. The van der Waals surface area contributed by atoms with Crippen molar-refractivity contribution in [1.29, 1.82) is 0 Å². The quantitative estimate of drug-likeness (QED) is 0.265. The van der Waals surface area contributed by atoms with E-state index in [4.69, 9.17) is 5.73 Å². The highest BCUT2D eigenvalue weighted by Crippen LogP contribution is 2.65. The number of rotatable bonds is 10. The van der Waals surface area contributed by atoms with Crippen LogP contribution in [0.2, 0.25) is 0 Å². The van der Waals surface area contributed by atoms with Gasteiger partial charge in [0.1, 0.15) is 0 Å². The van der Waals surface area contributed by atoms with Crippen LogP contribution in [0.4, 0.5) is 0 Å². The summed E-state index contributed by atoms with van der Waals surface area (Å²) in [6, 6.07) is 0.0179. The number of carbonyl (C=O) groups is 2. The first-order valence-corrected chi connectivity index (χ1v) is 14.5. The average molecular weight is 384 g/mol. The van der Waals surface area contributed by atoms with Crippen molar-refractivity contribution in [3.8, 4) is 0 Å². The molecule has 0 aliphatic carbocycles. The molecule has 5 nitrogen and oxygen atoms in total. The topological polar surface area (TPSA) is 84.2 Å². The number of hydrogen-bond acceptors (Lipinski definition) is 5. The zero-order chi connectivity index (χ0) is 17.3. The highest BCUT2D eigenvalue weighted by Gasteiger charge is 2.33. The summed E-state index contributed by atoms with van der Waals surface area (Å²) in [5.41, 5.74) is 5.43. The second kappa shape index (κ2) is 10.9. The fourth-order valence-corrected chi connectivity index (χ4v) is 13.7. The molecule has 0 aromatic rings. The minimum absolute atomic E-state index is 0.0179. The Morgan fingerprint density at radius 3 is 2.74 bits per heavy atom. The molecule has 23 heavy (non-hydrogen) atoms. The highest BCUT2D eigenvalue weighted by molar-refractivity contribution is 9.24. The van der Waals surface area contributed by atoms with E-state index >= 15 is 0 Å². The SMILES string of the molecule is C[SH]1SS(C)(C)NC(CCCCNC(=O)CCCCCN)C1=O. The standard InChI is InChI=1S/C15H33N3O2S3/c1-22-15(20)13(18-23(2,3)21-22)9-6-8-12-17-14(19)10-5-4-7-11-16/h13,18,22H,4-12,16H2,1-3H3,(H,17,19). The Morgan fingerprint density at radius 2 is 2.04 bits per heavy atom. The van der Waals surface area contributed by atoms with Gasteiger partial charge >= 0.3 is 0 Å². The first-order valence-electron chi connectivity index (χ1n) is 8.30. The van der Waals surface area contributed by atoms with E-state index in [9.17, 15) is 9.59 Å². The van der Waals surface area contributed by atoms with Crippen molar-refractivity contribution < 1.29 is 9.59 Å². The van der Waals surface area contributed by atoms with E-state index in [0.29, 0.717) is 24.6 Å². The summed E-state index contributed by atoms with van der Waals surface area (Å²) >= 11 is 0. The van der Waals surface area contributed by atoms with Crippen LogP contribution in [0.15, 0.2) is 0 Å². The molecule has 1 saturated heterocycles. The number of nitrogens with two attached hydrogens (primary N) is 1. The third-order valence-electron chi connectivity index (χ3n) is 3.68. The molecule has 1 aliphatic rings. The van der Waals surface area contributed by atoms with Crippen molar-refractivity contribution in [2.24, 2.45) is 5.73 Å². The molecule has 0 bridgehead atoms. The number of hydrogen-bond donors (Lipinski definition) is 4. The first kappa shape index (κ1) is 21.2. The van der Waals surface area contributed by atoms with Crippen molar-refractivity contribution in [2.75, 3.05) is 31.9 Å². The molecule has 0 aromatic heterocycles. The Labute approximate surface area is 148 Å². The smallest absolute Gasteiger partial charge is 0.219 e. The van der Waals surface area contributed by atoms with Crippen LogP contribution in [-0.2, 0) is 9.59 Å². The maximum atomic E-state index is 12.2. The Morgan fingerprint density at radius 1 is 1.30 bits per heavy atom. The lowest BCUT2D eigenvalue weighted by atomic mass is 10.1. The molecule has 4 N–H and O–H groups in total.